The van der Waals surface area contributed by atoms with Crippen LogP contribution in [-0.4, -0.2) is 22.3 Å². The number of amides is 1. The molecule has 2 rings (SSSR count). The van der Waals surface area contributed by atoms with Crippen molar-refractivity contribution in [3.63, 3.8) is 0 Å². The van der Waals surface area contributed by atoms with Crippen LogP contribution in [0.2, 0.25) is 5.02 Å². The van der Waals surface area contributed by atoms with Crippen molar-refractivity contribution in [2.24, 2.45) is 7.05 Å². The Morgan fingerprint density at radius 3 is 2.85 bits per heavy atom. The molecule has 0 bridgehead atoms. The Morgan fingerprint density at radius 1 is 1.50 bits per heavy atom. The van der Waals surface area contributed by atoms with Gasteiger partial charge in [-0.15, -0.1) is 0 Å². The monoisotopic (exact) mass is 301 g/mol. The molecule has 1 N–H and O–H groups in total. The highest BCUT2D eigenvalue weighted by molar-refractivity contribution is 6.32. The van der Waals surface area contributed by atoms with Crippen molar-refractivity contribution < 1.29 is 18.3 Å². The van der Waals surface area contributed by atoms with Crippen molar-refractivity contribution in [2.45, 2.75) is 6.61 Å². The van der Waals surface area contributed by atoms with Gasteiger partial charge in [0.2, 0.25) is 0 Å². The molecule has 5 nitrogen and oxygen atoms in total. The molecule has 1 amide bonds. The Labute approximate surface area is 118 Å². The number of aryl methyl sites for hydroxylation is 1. The lowest BCUT2D eigenvalue weighted by Crippen LogP contribution is -2.11. The molecule has 8 heteroatoms. The molecule has 1 aromatic heterocycles. The third kappa shape index (κ3) is 3.45. The van der Waals surface area contributed by atoms with Gasteiger partial charge in [0.1, 0.15) is 5.75 Å². The largest absolute Gasteiger partial charge is 0.433 e. The zero-order chi connectivity index (χ0) is 14.7. The number of halogens is 3. The second-order valence-corrected chi connectivity index (χ2v) is 4.29. The third-order valence-electron chi connectivity index (χ3n) is 2.37. The summed E-state index contributed by atoms with van der Waals surface area (Å²) in [5.74, 6) is -0.617. The van der Waals surface area contributed by atoms with Gasteiger partial charge in [-0.2, -0.15) is 13.9 Å². The lowest BCUT2D eigenvalue weighted by atomic mass is 10.2. The van der Waals surface area contributed by atoms with E-state index in [-0.39, 0.29) is 10.8 Å². The molecule has 0 saturated carbocycles. The van der Waals surface area contributed by atoms with Gasteiger partial charge in [0.25, 0.3) is 5.91 Å². The summed E-state index contributed by atoms with van der Waals surface area (Å²) in [4.78, 5) is 11.9. The fraction of sp³-hybridized carbons (Fsp3) is 0.167. The highest BCUT2D eigenvalue weighted by Crippen LogP contribution is 2.29. The average Bonchev–Trinajstić information content (AvgIpc) is 2.79. The third-order valence-corrected chi connectivity index (χ3v) is 2.68. The van der Waals surface area contributed by atoms with E-state index in [1.54, 1.807) is 7.05 Å². The zero-order valence-corrected chi connectivity index (χ0v) is 11.1. The molecular formula is C12H10ClF2N3O2. The van der Waals surface area contributed by atoms with Crippen LogP contribution in [0.25, 0.3) is 0 Å². The van der Waals surface area contributed by atoms with E-state index in [0.29, 0.717) is 11.3 Å². The number of nitrogens with one attached hydrogen (secondary N) is 1. The van der Waals surface area contributed by atoms with Crippen LogP contribution in [0.3, 0.4) is 0 Å². The maximum Gasteiger partial charge on any atom is 0.387 e. The lowest BCUT2D eigenvalue weighted by molar-refractivity contribution is -0.0497. The van der Waals surface area contributed by atoms with Crippen LogP contribution in [0.5, 0.6) is 5.75 Å². The summed E-state index contributed by atoms with van der Waals surface area (Å²) in [6.07, 6.45) is 2.92. The quantitative estimate of drug-likeness (QED) is 0.944. The molecule has 0 fully saturated rings. The van der Waals surface area contributed by atoms with Crippen LogP contribution in [0.1, 0.15) is 10.4 Å². The van der Waals surface area contributed by atoms with Gasteiger partial charge in [0, 0.05) is 25.0 Å². The molecule has 2 aromatic rings. The fourth-order valence-corrected chi connectivity index (χ4v) is 1.67. The molecule has 1 aromatic carbocycles. The first-order chi connectivity index (χ1) is 9.45. The average molecular weight is 302 g/mol. The van der Waals surface area contributed by atoms with Gasteiger partial charge < -0.3 is 10.1 Å². The molecule has 1 heterocycles. The van der Waals surface area contributed by atoms with Gasteiger partial charge in [0.05, 0.1) is 16.8 Å². The van der Waals surface area contributed by atoms with Crippen LogP contribution in [0, 0.1) is 0 Å². The van der Waals surface area contributed by atoms with Gasteiger partial charge in [-0.1, -0.05) is 11.6 Å². The molecule has 0 unspecified atom stereocenters. The first-order valence-electron chi connectivity index (χ1n) is 5.50. The molecule has 0 spiro atoms. The molecule has 20 heavy (non-hydrogen) atoms. The Bertz CT molecular complexity index is 631. The summed E-state index contributed by atoms with van der Waals surface area (Å²) in [5.41, 5.74) is 0.637. The smallest absolute Gasteiger partial charge is 0.387 e. The number of aromatic nitrogens is 2. The summed E-state index contributed by atoms with van der Waals surface area (Å²) < 4.78 is 30.1. The molecular weight excluding hydrogens is 292 g/mol. The summed E-state index contributed by atoms with van der Waals surface area (Å²) in [6.45, 7) is -2.99. The molecule has 0 aliphatic rings. The number of hydrogen-bond donors (Lipinski definition) is 1. The lowest BCUT2D eigenvalue weighted by Gasteiger charge is -2.09. The first-order valence-corrected chi connectivity index (χ1v) is 5.88. The number of carbonyl (C=O) groups excluding carboxylic acids is 1. The number of rotatable bonds is 4. The summed E-state index contributed by atoms with van der Waals surface area (Å²) in [5, 5.41) is 6.43. The van der Waals surface area contributed by atoms with Gasteiger partial charge in [0.15, 0.2) is 0 Å². The molecule has 0 atom stereocenters. The van der Waals surface area contributed by atoms with E-state index < -0.39 is 12.5 Å². The number of nitrogens with zero attached hydrogens (tertiary/aromatic N) is 2. The van der Waals surface area contributed by atoms with E-state index in [2.05, 4.69) is 15.2 Å². The van der Waals surface area contributed by atoms with Gasteiger partial charge in [-0.05, 0) is 12.1 Å². The minimum absolute atomic E-state index is 0.0321. The number of hydrogen-bond acceptors (Lipinski definition) is 3. The van der Waals surface area contributed by atoms with Gasteiger partial charge in [-0.25, -0.2) is 0 Å². The van der Waals surface area contributed by atoms with E-state index in [4.69, 9.17) is 11.6 Å². The minimum Gasteiger partial charge on any atom is -0.433 e. The van der Waals surface area contributed by atoms with Crippen molar-refractivity contribution in [1.82, 2.24) is 9.78 Å². The van der Waals surface area contributed by atoms with Crippen molar-refractivity contribution in [1.29, 1.82) is 0 Å². The molecule has 0 aliphatic carbocycles. The van der Waals surface area contributed by atoms with Crippen LogP contribution in [0.15, 0.2) is 30.6 Å². The Kier molecular flexibility index (Phi) is 4.19. The second kappa shape index (κ2) is 5.87. The van der Waals surface area contributed by atoms with E-state index in [9.17, 15) is 13.6 Å². The highest BCUT2D eigenvalue weighted by Gasteiger charge is 2.12. The van der Waals surface area contributed by atoms with Crippen LogP contribution in [0.4, 0.5) is 14.5 Å². The Balaban J connectivity index is 2.15. The van der Waals surface area contributed by atoms with Crippen molar-refractivity contribution in [3.8, 4) is 5.75 Å². The Morgan fingerprint density at radius 2 is 2.25 bits per heavy atom. The van der Waals surface area contributed by atoms with E-state index in [1.165, 1.54) is 35.3 Å². The summed E-state index contributed by atoms with van der Waals surface area (Å²) >= 11 is 5.71. The molecule has 0 saturated heterocycles. The standard InChI is InChI=1S/C12H10ClF2N3O2/c1-18-6-7(5-16-18)11(19)17-8-2-3-9(13)10(4-8)20-12(14)15/h2-6,12H,1H3,(H,17,19). The molecule has 106 valence electrons. The summed E-state index contributed by atoms with van der Waals surface area (Å²) in [7, 11) is 1.67. The predicted octanol–water partition coefficient (Wildman–Crippen LogP) is 2.93. The summed E-state index contributed by atoms with van der Waals surface area (Å²) in [6, 6.07) is 4.07. The molecule has 0 radical (unpaired) electrons. The van der Waals surface area contributed by atoms with Crippen LogP contribution < -0.4 is 10.1 Å². The van der Waals surface area contributed by atoms with Crippen LogP contribution >= 0.6 is 11.6 Å². The van der Waals surface area contributed by atoms with Crippen molar-refractivity contribution >= 4 is 23.2 Å². The van der Waals surface area contributed by atoms with E-state index in [0.717, 1.165) is 0 Å². The number of carbonyl (C=O) groups is 1. The van der Waals surface area contributed by atoms with E-state index in [1.807, 2.05) is 0 Å². The molecule has 0 aliphatic heterocycles. The maximum absolute atomic E-state index is 12.2. The topological polar surface area (TPSA) is 56.2 Å². The number of benzene rings is 1. The first kappa shape index (κ1) is 14.3. The number of anilines is 1. The highest BCUT2D eigenvalue weighted by atomic mass is 35.5. The Hall–Kier alpha value is -2.15. The SMILES string of the molecule is Cn1cc(C(=O)Nc2ccc(Cl)c(OC(F)F)c2)cn1. The number of ether oxygens (including phenoxy) is 1. The van der Waals surface area contributed by atoms with Gasteiger partial charge >= 0.3 is 6.61 Å². The number of alkyl halides is 2. The minimum atomic E-state index is -2.99. The fourth-order valence-electron chi connectivity index (χ4n) is 1.51. The van der Waals surface area contributed by atoms with Crippen molar-refractivity contribution in [3.05, 3.63) is 41.2 Å². The predicted molar refractivity (Wildman–Crippen MR) is 69.2 cm³/mol. The van der Waals surface area contributed by atoms with E-state index >= 15 is 0 Å². The van der Waals surface area contributed by atoms with Crippen LogP contribution in [-0.2, 0) is 7.05 Å². The normalized spacial score (nSPS) is 10.7. The zero-order valence-electron chi connectivity index (χ0n) is 10.3. The van der Waals surface area contributed by atoms with Gasteiger partial charge in [-0.3, -0.25) is 9.48 Å². The second-order valence-electron chi connectivity index (χ2n) is 3.88. The maximum atomic E-state index is 12.2. The van der Waals surface area contributed by atoms with Crippen molar-refractivity contribution in [2.75, 3.05) is 5.32 Å².